The molecular weight excluding hydrogens is 440 g/mol. The van der Waals surface area contributed by atoms with E-state index in [1.807, 2.05) is 16.8 Å². The topological polar surface area (TPSA) is 99.1 Å². The second-order valence-electron chi connectivity index (χ2n) is 10.4. The van der Waals surface area contributed by atoms with Crippen LogP contribution in [-0.4, -0.2) is 57.6 Å². The van der Waals surface area contributed by atoms with Gasteiger partial charge in [-0.05, 0) is 67.6 Å². The van der Waals surface area contributed by atoms with Gasteiger partial charge in [-0.25, -0.2) is 0 Å². The Labute approximate surface area is 195 Å². The van der Waals surface area contributed by atoms with E-state index in [9.17, 15) is 19.8 Å². The average molecular weight is 467 g/mol. The molecule has 2 aromatic rings. The lowest BCUT2D eigenvalue weighted by Crippen LogP contribution is -2.78. The summed E-state index contributed by atoms with van der Waals surface area (Å²) < 4.78 is 6.18. The number of piperidine rings is 1. The molecule has 7 nitrogen and oxygen atoms in total. The standard InChI is InChI=1S/C25H26N2O5S/c28-17-4-3-14-9-18-25(31)10-16(23(30)26-15-5-8-33-12-15)20(29)22-24(25,19(14)21(17)32-22)6-7-27(18)11-13-1-2-13/h3-5,8,12-13,16,18,22,28,31H,1-2,6-7,9-11H2,(H,26,30)/t16?,18-,22+,24+,25-/m1/s1. The van der Waals surface area contributed by atoms with E-state index in [-0.39, 0.29) is 24.0 Å². The van der Waals surface area contributed by atoms with Crippen molar-refractivity contribution in [2.24, 2.45) is 11.8 Å². The van der Waals surface area contributed by atoms with Crippen LogP contribution in [0.2, 0.25) is 0 Å². The number of likely N-dealkylation sites (tertiary alicyclic amines) is 1. The summed E-state index contributed by atoms with van der Waals surface area (Å²) in [4.78, 5) is 29.4. The summed E-state index contributed by atoms with van der Waals surface area (Å²) in [6.07, 6.45) is 2.74. The summed E-state index contributed by atoms with van der Waals surface area (Å²) in [5.74, 6) is -0.733. The number of benzene rings is 1. The predicted octanol–water partition coefficient (Wildman–Crippen LogP) is 2.45. The predicted molar refractivity (Wildman–Crippen MR) is 122 cm³/mol. The lowest BCUT2D eigenvalue weighted by atomic mass is 9.47. The Bertz CT molecular complexity index is 1180. The van der Waals surface area contributed by atoms with Crippen LogP contribution in [0.4, 0.5) is 5.69 Å². The van der Waals surface area contributed by atoms with Crippen molar-refractivity contribution in [2.45, 2.75) is 55.3 Å². The van der Waals surface area contributed by atoms with Gasteiger partial charge in [0.15, 0.2) is 23.4 Å². The minimum Gasteiger partial charge on any atom is -0.504 e. The number of carbonyl (C=O) groups is 2. The van der Waals surface area contributed by atoms with E-state index in [0.717, 1.165) is 24.2 Å². The van der Waals surface area contributed by atoms with Gasteiger partial charge in [0.05, 0.1) is 16.7 Å². The number of rotatable bonds is 4. The summed E-state index contributed by atoms with van der Waals surface area (Å²) in [6.45, 7) is 1.71. The highest BCUT2D eigenvalue weighted by molar-refractivity contribution is 7.08. The molecule has 3 N–H and O–H groups in total. The number of amides is 1. The molecule has 1 saturated heterocycles. The molecule has 3 fully saturated rings. The molecular formula is C25H26N2O5S. The summed E-state index contributed by atoms with van der Waals surface area (Å²) in [5, 5.41) is 29.7. The number of carbonyl (C=O) groups excluding carboxylic acids is 2. The van der Waals surface area contributed by atoms with E-state index >= 15 is 0 Å². The molecule has 1 spiro atoms. The van der Waals surface area contributed by atoms with Crippen LogP contribution in [0.3, 0.4) is 0 Å². The van der Waals surface area contributed by atoms with Crippen LogP contribution >= 0.6 is 11.3 Å². The maximum atomic E-state index is 13.8. The van der Waals surface area contributed by atoms with Crippen LogP contribution in [0.1, 0.15) is 36.8 Å². The first-order valence-corrected chi connectivity index (χ1v) is 12.7. The number of ketones is 1. The number of thiophene rings is 1. The fourth-order valence-electron chi connectivity index (χ4n) is 7.09. The minimum absolute atomic E-state index is 0.00851. The molecule has 8 heteroatoms. The van der Waals surface area contributed by atoms with Crippen LogP contribution in [0.5, 0.6) is 11.5 Å². The lowest BCUT2D eigenvalue weighted by Gasteiger charge is -2.63. The molecule has 1 aromatic carbocycles. The van der Waals surface area contributed by atoms with Crippen LogP contribution in [0, 0.1) is 11.8 Å². The van der Waals surface area contributed by atoms with Crippen LogP contribution in [0.25, 0.3) is 0 Å². The SMILES string of the molecule is O=C(Nc1ccsc1)C1C[C@@]2(O)[C@H]3Cc4ccc(O)c5c4[C@@]2(CCN3CC2CC2)[C@@H](O5)C1=O. The zero-order valence-corrected chi connectivity index (χ0v) is 18.9. The van der Waals surface area contributed by atoms with Gasteiger partial charge in [-0.2, -0.15) is 11.3 Å². The first-order chi connectivity index (χ1) is 15.9. The summed E-state index contributed by atoms with van der Waals surface area (Å²) in [6, 6.07) is 5.14. The van der Waals surface area contributed by atoms with Gasteiger partial charge in [-0.1, -0.05) is 6.07 Å². The molecule has 0 radical (unpaired) electrons. The number of aliphatic hydroxyl groups is 1. The number of hydrogen-bond donors (Lipinski definition) is 3. The van der Waals surface area contributed by atoms with Gasteiger partial charge in [-0.15, -0.1) is 0 Å². The third-order valence-corrected chi connectivity index (χ3v) is 9.42. The van der Waals surface area contributed by atoms with Crippen LogP contribution in [-0.2, 0) is 21.4 Å². The van der Waals surface area contributed by atoms with E-state index in [1.165, 1.54) is 24.2 Å². The summed E-state index contributed by atoms with van der Waals surface area (Å²) >= 11 is 1.47. The normalized spacial score (nSPS) is 36.3. The number of anilines is 1. The third kappa shape index (κ3) is 2.52. The minimum atomic E-state index is -1.29. The molecule has 5 aliphatic rings. The van der Waals surface area contributed by atoms with E-state index in [2.05, 4.69) is 10.2 Å². The first kappa shape index (κ1) is 20.0. The number of nitrogens with one attached hydrogen (secondary N) is 1. The van der Waals surface area contributed by atoms with Gasteiger partial charge in [-0.3, -0.25) is 14.5 Å². The highest BCUT2D eigenvalue weighted by Crippen LogP contribution is 2.65. The van der Waals surface area contributed by atoms with Crippen molar-refractivity contribution in [2.75, 3.05) is 18.4 Å². The van der Waals surface area contributed by atoms with Crippen molar-refractivity contribution in [1.82, 2.24) is 4.90 Å². The smallest absolute Gasteiger partial charge is 0.235 e. The Hall–Kier alpha value is -2.42. The molecule has 3 heterocycles. The fraction of sp³-hybridized carbons (Fsp3) is 0.520. The fourth-order valence-corrected chi connectivity index (χ4v) is 7.68. The Morgan fingerprint density at radius 3 is 2.91 bits per heavy atom. The Balaban J connectivity index is 1.35. The zero-order chi connectivity index (χ0) is 22.5. The second-order valence-corrected chi connectivity index (χ2v) is 11.2. The number of nitrogens with zero attached hydrogens (tertiary/aromatic N) is 1. The van der Waals surface area contributed by atoms with Crippen molar-refractivity contribution >= 4 is 28.7 Å². The maximum absolute atomic E-state index is 13.8. The lowest BCUT2D eigenvalue weighted by molar-refractivity contribution is -0.197. The Kier molecular flexibility index (Phi) is 3.99. The number of Topliss-reactive ketones (excluding diaryl/α,β-unsaturated/α-hetero) is 1. The molecule has 5 atom stereocenters. The summed E-state index contributed by atoms with van der Waals surface area (Å²) in [7, 11) is 0. The van der Waals surface area contributed by atoms with Crippen molar-refractivity contribution in [3.63, 3.8) is 0 Å². The van der Waals surface area contributed by atoms with Gasteiger partial charge in [0.2, 0.25) is 5.91 Å². The average Bonchev–Trinajstić information content (AvgIpc) is 3.31. The van der Waals surface area contributed by atoms with Crippen molar-refractivity contribution < 1.29 is 24.5 Å². The molecule has 2 saturated carbocycles. The largest absolute Gasteiger partial charge is 0.504 e. The van der Waals surface area contributed by atoms with E-state index in [4.69, 9.17) is 4.74 Å². The van der Waals surface area contributed by atoms with Crippen LogP contribution < -0.4 is 10.1 Å². The van der Waals surface area contributed by atoms with Crippen molar-refractivity contribution in [1.29, 1.82) is 0 Å². The van der Waals surface area contributed by atoms with E-state index < -0.39 is 28.9 Å². The molecule has 2 aliphatic heterocycles. The van der Waals surface area contributed by atoms with E-state index in [1.54, 1.807) is 12.1 Å². The monoisotopic (exact) mass is 466 g/mol. The summed E-state index contributed by atoms with van der Waals surface area (Å²) in [5.41, 5.74) is 0.272. The number of phenolic OH excluding ortho intramolecular Hbond substituents is 1. The molecule has 1 unspecified atom stereocenters. The Morgan fingerprint density at radius 2 is 2.15 bits per heavy atom. The quantitative estimate of drug-likeness (QED) is 0.599. The third-order valence-electron chi connectivity index (χ3n) is 8.74. The first-order valence-electron chi connectivity index (χ1n) is 11.8. The van der Waals surface area contributed by atoms with E-state index in [0.29, 0.717) is 30.2 Å². The molecule has 2 bridgehead atoms. The molecule has 1 amide bonds. The molecule has 172 valence electrons. The molecule has 3 aliphatic carbocycles. The van der Waals surface area contributed by atoms with Gasteiger partial charge in [0, 0.05) is 23.5 Å². The zero-order valence-electron chi connectivity index (χ0n) is 18.1. The second kappa shape index (κ2) is 6.58. The highest BCUT2D eigenvalue weighted by atomic mass is 32.1. The van der Waals surface area contributed by atoms with Crippen molar-refractivity contribution in [3.05, 3.63) is 40.1 Å². The molecule has 33 heavy (non-hydrogen) atoms. The maximum Gasteiger partial charge on any atom is 0.235 e. The van der Waals surface area contributed by atoms with Gasteiger partial charge >= 0.3 is 0 Å². The van der Waals surface area contributed by atoms with Gasteiger partial charge in [0.25, 0.3) is 0 Å². The number of hydrogen-bond acceptors (Lipinski definition) is 7. The van der Waals surface area contributed by atoms with Crippen molar-refractivity contribution in [3.8, 4) is 11.5 Å². The highest BCUT2D eigenvalue weighted by Gasteiger charge is 2.75. The number of phenols is 1. The molecule has 7 rings (SSSR count). The number of aromatic hydroxyl groups is 1. The van der Waals surface area contributed by atoms with Gasteiger partial charge < -0.3 is 20.3 Å². The van der Waals surface area contributed by atoms with Gasteiger partial charge in [0.1, 0.15) is 5.92 Å². The molecule has 1 aromatic heterocycles. The Morgan fingerprint density at radius 1 is 1.30 bits per heavy atom. The van der Waals surface area contributed by atoms with Crippen LogP contribution in [0.15, 0.2) is 29.0 Å². The number of ether oxygens (including phenoxy) is 1.